The Labute approximate surface area is 50.6 Å². The summed E-state index contributed by atoms with van der Waals surface area (Å²) in [6.45, 7) is 8.48. The largest absolute Gasteiger partial charge is 0.0778 e. The SMILES string of the molecule is CC(C)=C(C)C.[SiH4]. The molecule has 0 radical (unpaired) electrons. The van der Waals surface area contributed by atoms with E-state index in [2.05, 4.69) is 27.7 Å². The average molecular weight is 116 g/mol. The van der Waals surface area contributed by atoms with Crippen molar-refractivity contribution in [1.82, 2.24) is 0 Å². The molecule has 0 N–H and O–H groups in total. The molecule has 0 saturated heterocycles. The van der Waals surface area contributed by atoms with Gasteiger partial charge in [0.1, 0.15) is 0 Å². The molecule has 0 atom stereocenters. The Bertz CT molecular complexity index is 54.2. The minimum Gasteiger partial charge on any atom is -0.0778 e. The molecular formula is C6H16Si. The molecule has 0 bridgehead atoms. The molecule has 0 aliphatic rings. The predicted molar refractivity (Wildman–Crippen MR) is 41.1 cm³/mol. The lowest BCUT2D eigenvalue weighted by Gasteiger charge is -1.88. The van der Waals surface area contributed by atoms with Crippen molar-refractivity contribution in [2.45, 2.75) is 27.7 Å². The summed E-state index contributed by atoms with van der Waals surface area (Å²) < 4.78 is 0. The molecule has 7 heavy (non-hydrogen) atoms. The summed E-state index contributed by atoms with van der Waals surface area (Å²) in [5.74, 6) is 0. The standard InChI is InChI=1S/C6H12.H4Si/c1-5(2)6(3)4;/h1-4H3;1H4. The molecule has 0 spiro atoms. The number of rotatable bonds is 0. The summed E-state index contributed by atoms with van der Waals surface area (Å²) in [6.07, 6.45) is 0. The molecule has 0 aromatic rings. The van der Waals surface area contributed by atoms with Gasteiger partial charge in [0.15, 0.2) is 0 Å². The van der Waals surface area contributed by atoms with E-state index >= 15 is 0 Å². The second kappa shape index (κ2) is 4.12. The second-order valence-corrected chi connectivity index (χ2v) is 2.00. The van der Waals surface area contributed by atoms with E-state index in [0.717, 1.165) is 0 Å². The Morgan fingerprint density at radius 3 is 0.857 bits per heavy atom. The third-order valence-corrected chi connectivity index (χ3v) is 1.00. The first-order valence-electron chi connectivity index (χ1n) is 2.25. The number of hydrogen-bond acceptors (Lipinski definition) is 0. The Morgan fingerprint density at radius 2 is 0.857 bits per heavy atom. The molecule has 0 saturated carbocycles. The third-order valence-electron chi connectivity index (χ3n) is 1.00. The topological polar surface area (TPSA) is 0 Å². The first-order valence-corrected chi connectivity index (χ1v) is 2.25. The van der Waals surface area contributed by atoms with Gasteiger partial charge < -0.3 is 0 Å². The van der Waals surface area contributed by atoms with E-state index in [9.17, 15) is 0 Å². The molecule has 0 nitrogen and oxygen atoms in total. The third kappa shape index (κ3) is 5.96. The lowest BCUT2D eigenvalue weighted by molar-refractivity contribution is 1.23. The fourth-order valence-electron chi connectivity index (χ4n) is 0. The summed E-state index contributed by atoms with van der Waals surface area (Å²) in [7, 11) is 0. The Balaban J connectivity index is 0. The van der Waals surface area contributed by atoms with Crippen molar-refractivity contribution in [3.8, 4) is 0 Å². The Morgan fingerprint density at radius 1 is 0.714 bits per heavy atom. The highest BCUT2D eigenvalue weighted by molar-refractivity contribution is 5.75. The van der Waals surface area contributed by atoms with E-state index < -0.39 is 0 Å². The molecule has 0 aliphatic heterocycles. The zero-order chi connectivity index (χ0) is 5.15. The van der Waals surface area contributed by atoms with Crippen molar-refractivity contribution in [3.05, 3.63) is 11.1 Å². The van der Waals surface area contributed by atoms with Crippen LogP contribution in [-0.2, 0) is 0 Å². The van der Waals surface area contributed by atoms with Gasteiger partial charge in [0.2, 0.25) is 0 Å². The van der Waals surface area contributed by atoms with Crippen molar-refractivity contribution >= 4 is 11.0 Å². The van der Waals surface area contributed by atoms with Crippen LogP contribution >= 0.6 is 0 Å². The van der Waals surface area contributed by atoms with Crippen molar-refractivity contribution in [3.63, 3.8) is 0 Å². The van der Waals surface area contributed by atoms with Gasteiger partial charge in [-0.05, 0) is 38.7 Å². The molecule has 0 fully saturated rings. The van der Waals surface area contributed by atoms with Crippen LogP contribution in [0.3, 0.4) is 0 Å². The maximum absolute atomic E-state index is 2.12. The van der Waals surface area contributed by atoms with Crippen LogP contribution in [0.2, 0.25) is 0 Å². The highest BCUT2D eigenvalue weighted by Crippen LogP contribution is 1.96. The van der Waals surface area contributed by atoms with Crippen molar-refractivity contribution in [2.75, 3.05) is 0 Å². The van der Waals surface area contributed by atoms with Gasteiger partial charge in [0, 0.05) is 0 Å². The van der Waals surface area contributed by atoms with E-state index in [1.165, 1.54) is 11.1 Å². The highest BCUT2D eigenvalue weighted by atomic mass is 28.1. The van der Waals surface area contributed by atoms with Crippen LogP contribution in [0, 0.1) is 0 Å². The minimum absolute atomic E-state index is 0. The molecule has 0 aromatic heterocycles. The van der Waals surface area contributed by atoms with Crippen LogP contribution in [0.25, 0.3) is 0 Å². The van der Waals surface area contributed by atoms with Crippen LogP contribution in [0.15, 0.2) is 11.1 Å². The van der Waals surface area contributed by atoms with Gasteiger partial charge in [-0.2, -0.15) is 0 Å². The minimum atomic E-state index is 0. The normalized spacial score (nSPS) is 6.86. The fraction of sp³-hybridized carbons (Fsp3) is 0.667. The van der Waals surface area contributed by atoms with Crippen molar-refractivity contribution < 1.29 is 0 Å². The van der Waals surface area contributed by atoms with Gasteiger partial charge in [-0.3, -0.25) is 0 Å². The van der Waals surface area contributed by atoms with E-state index in [1.807, 2.05) is 0 Å². The van der Waals surface area contributed by atoms with Gasteiger partial charge in [-0.15, -0.1) is 0 Å². The van der Waals surface area contributed by atoms with Crippen molar-refractivity contribution in [1.29, 1.82) is 0 Å². The van der Waals surface area contributed by atoms with Crippen LogP contribution < -0.4 is 0 Å². The Hall–Kier alpha value is -0.0431. The molecule has 0 aromatic carbocycles. The van der Waals surface area contributed by atoms with E-state index in [-0.39, 0.29) is 11.0 Å². The fourth-order valence-corrected chi connectivity index (χ4v) is 0. The second-order valence-electron chi connectivity index (χ2n) is 2.00. The van der Waals surface area contributed by atoms with Gasteiger partial charge >= 0.3 is 0 Å². The van der Waals surface area contributed by atoms with Crippen LogP contribution in [-0.4, -0.2) is 11.0 Å². The highest BCUT2D eigenvalue weighted by Gasteiger charge is 1.75. The van der Waals surface area contributed by atoms with E-state index in [0.29, 0.717) is 0 Å². The summed E-state index contributed by atoms with van der Waals surface area (Å²) in [5, 5.41) is 0. The molecule has 0 rings (SSSR count). The average Bonchev–Trinajstić information content (AvgIpc) is 1.36. The molecular weight excluding hydrogens is 100 g/mol. The quantitative estimate of drug-likeness (QED) is 0.326. The zero-order valence-corrected chi connectivity index (χ0v) is 5.00. The Kier molecular flexibility index (Phi) is 5.92. The molecule has 0 unspecified atom stereocenters. The molecule has 44 valence electrons. The van der Waals surface area contributed by atoms with E-state index in [4.69, 9.17) is 0 Å². The summed E-state index contributed by atoms with van der Waals surface area (Å²) in [4.78, 5) is 0. The molecule has 0 heterocycles. The lowest BCUT2D eigenvalue weighted by Crippen LogP contribution is -1.66. The predicted octanol–water partition coefficient (Wildman–Crippen LogP) is 0.911. The molecule has 1 heteroatoms. The first-order chi connectivity index (χ1) is 2.64. The maximum atomic E-state index is 2.12. The monoisotopic (exact) mass is 116 g/mol. The van der Waals surface area contributed by atoms with Crippen molar-refractivity contribution in [2.24, 2.45) is 0 Å². The molecule has 0 aliphatic carbocycles. The molecule has 0 amide bonds. The van der Waals surface area contributed by atoms with Gasteiger partial charge in [0.05, 0.1) is 0 Å². The maximum Gasteiger partial charge on any atom is -0.0149 e. The summed E-state index contributed by atoms with van der Waals surface area (Å²) in [5.41, 5.74) is 2.85. The van der Waals surface area contributed by atoms with Gasteiger partial charge in [-0.1, -0.05) is 11.1 Å². The summed E-state index contributed by atoms with van der Waals surface area (Å²) in [6, 6.07) is 0. The first kappa shape index (κ1) is 10.0. The summed E-state index contributed by atoms with van der Waals surface area (Å²) >= 11 is 0. The number of allylic oxidation sites excluding steroid dienone is 2. The van der Waals surface area contributed by atoms with Crippen LogP contribution in [0.4, 0.5) is 0 Å². The number of hydrogen-bond donors (Lipinski definition) is 0. The van der Waals surface area contributed by atoms with Gasteiger partial charge in [0.25, 0.3) is 0 Å². The van der Waals surface area contributed by atoms with Crippen LogP contribution in [0.5, 0.6) is 0 Å². The van der Waals surface area contributed by atoms with Gasteiger partial charge in [-0.25, -0.2) is 0 Å². The lowest BCUT2D eigenvalue weighted by atomic mass is 10.2. The van der Waals surface area contributed by atoms with E-state index in [1.54, 1.807) is 0 Å². The smallest absolute Gasteiger partial charge is 0.0149 e. The van der Waals surface area contributed by atoms with Crippen LogP contribution in [0.1, 0.15) is 27.7 Å². The zero-order valence-electron chi connectivity index (χ0n) is 5.00.